The number of rotatable bonds is 3. The van der Waals surface area contributed by atoms with Gasteiger partial charge in [0.2, 0.25) is 5.91 Å². The molecule has 1 aliphatic rings. The van der Waals surface area contributed by atoms with Gasteiger partial charge in [0, 0.05) is 18.7 Å². The van der Waals surface area contributed by atoms with Gasteiger partial charge in [0.15, 0.2) is 0 Å². The molecule has 0 atom stereocenters. The first-order chi connectivity index (χ1) is 10.2. The first kappa shape index (κ1) is 13.6. The highest BCUT2D eigenvalue weighted by molar-refractivity contribution is 5.94. The van der Waals surface area contributed by atoms with E-state index in [2.05, 4.69) is 5.32 Å². The van der Waals surface area contributed by atoms with E-state index in [4.69, 9.17) is 10.5 Å². The number of carbonyl (C=O) groups excluding carboxylic acids is 1. The van der Waals surface area contributed by atoms with Crippen LogP contribution in [0.3, 0.4) is 0 Å². The molecule has 1 aliphatic heterocycles. The maximum atomic E-state index is 11.4. The minimum absolute atomic E-state index is 0.0719. The van der Waals surface area contributed by atoms with E-state index in [-0.39, 0.29) is 5.91 Å². The van der Waals surface area contributed by atoms with Gasteiger partial charge >= 0.3 is 0 Å². The van der Waals surface area contributed by atoms with Crippen LogP contribution in [0.15, 0.2) is 36.4 Å². The van der Waals surface area contributed by atoms with Gasteiger partial charge in [0.1, 0.15) is 11.5 Å². The van der Waals surface area contributed by atoms with E-state index in [9.17, 15) is 4.79 Å². The summed E-state index contributed by atoms with van der Waals surface area (Å²) in [6.07, 6.45) is 1.28. The van der Waals surface area contributed by atoms with Crippen molar-refractivity contribution in [1.82, 2.24) is 0 Å². The summed E-state index contributed by atoms with van der Waals surface area (Å²) >= 11 is 0. The van der Waals surface area contributed by atoms with Gasteiger partial charge in [-0.25, -0.2) is 0 Å². The van der Waals surface area contributed by atoms with Gasteiger partial charge in [0.05, 0.1) is 0 Å². The van der Waals surface area contributed by atoms with Crippen molar-refractivity contribution in [3.05, 3.63) is 53.1 Å². The van der Waals surface area contributed by atoms with E-state index in [1.165, 1.54) is 0 Å². The van der Waals surface area contributed by atoms with E-state index in [0.29, 0.717) is 13.0 Å². The molecule has 3 N–H and O–H groups in total. The van der Waals surface area contributed by atoms with Crippen LogP contribution in [0.5, 0.6) is 11.5 Å². The number of aryl methyl sites for hydroxylation is 2. The van der Waals surface area contributed by atoms with Gasteiger partial charge < -0.3 is 15.8 Å². The molecule has 2 aromatic rings. The Hall–Kier alpha value is -2.33. The first-order valence-electron chi connectivity index (χ1n) is 7.06. The minimum Gasteiger partial charge on any atom is -0.457 e. The van der Waals surface area contributed by atoms with Crippen molar-refractivity contribution in [3.8, 4) is 11.5 Å². The lowest BCUT2D eigenvalue weighted by atomic mass is 10.0. The third-order valence-electron chi connectivity index (χ3n) is 3.69. The van der Waals surface area contributed by atoms with E-state index in [1.54, 1.807) is 0 Å². The standard InChI is InChI=1S/C17H18N2O2/c1-11-2-3-12(10-18)8-16(11)21-14-5-6-15-13(9-14)4-7-17(20)19-15/h2-3,5-6,8-9H,4,7,10,18H2,1H3,(H,19,20). The van der Waals surface area contributed by atoms with Crippen molar-refractivity contribution >= 4 is 11.6 Å². The zero-order valence-electron chi connectivity index (χ0n) is 12.0. The summed E-state index contributed by atoms with van der Waals surface area (Å²) in [5, 5.41) is 2.87. The number of hydrogen-bond acceptors (Lipinski definition) is 3. The van der Waals surface area contributed by atoms with Crippen LogP contribution in [-0.2, 0) is 17.8 Å². The lowest BCUT2D eigenvalue weighted by molar-refractivity contribution is -0.116. The van der Waals surface area contributed by atoms with Crippen molar-refractivity contribution < 1.29 is 9.53 Å². The molecule has 0 aromatic heterocycles. The molecule has 2 aromatic carbocycles. The Bertz CT molecular complexity index is 695. The van der Waals surface area contributed by atoms with E-state index < -0.39 is 0 Å². The largest absolute Gasteiger partial charge is 0.457 e. The Morgan fingerprint density at radius 3 is 2.86 bits per heavy atom. The van der Waals surface area contributed by atoms with Gasteiger partial charge in [-0.15, -0.1) is 0 Å². The Morgan fingerprint density at radius 1 is 1.19 bits per heavy atom. The molecule has 0 saturated carbocycles. The van der Waals surface area contributed by atoms with Crippen LogP contribution in [0.25, 0.3) is 0 Å². The maximum absolute atomic E-state index is 11.4. The molecule has 4 nitrogen and oxygen atoms in total. The normalized spacial score (nSPS) is 13.5. The third kappa shape index (κ3) is 2.90. The second kappa shape index (κ2) is 5.58. The van der Waals surface area contributed by atoms with Crippen LogP contribution in [0.2, 0.25) is 0 Å². The number of anilines is 1. The molecule has 0 saturated heterocycles. The SMILES string of the molecule is Cc1ccc(CN)cc1Oc1ccc2c(c1)CCC(=O)N2. The zero-order chi connectivity index (χ0) is 14.8. The molecule has 1 amide bonds. The Kier molecular flexibility index (Phi) is 3.62. The third-order valence-corrected chi connectivity index (χ3v) is 3.69. The lowest BCUT2D eigenvalue weighted by Crippen LogP contribution is -2.18. The monoisotopic (exact) mass is 282 g/mol. The predicted molar refractivity (Wildman–Crippen MR) is 82.5 cm³/mol. The highest BCUT2D eigenvalue weighted by Gasteiger charge is 2.15. The van der Waals surface area contributed by atoms with Gasteiger partial charge in [-0.3, -0.25) is 4.79 Å². The van der Waals surface area contributed by atoms with Crippen LogP contribution in [-0.4, -0.2) is 5.91 Å². The summed E-state index contributed by atoms with van der Waals surface area (Å²) in [4.78, 5) is 11.4. The average Bonchev–Trinajstić information content (AvgIpc) is 2.49. The fourth-order valence-electron chi connectivity index (χ4n) is 2.43. The zero-order valence-corrected chi connectivity index (χ0v) is 12.0. The van der Waals surface area contributed by atoms with Gasteiger partial charge in [-0.1, -0.05) is 12.1 Å². The molecular weight excluding hydrogens is 264 g/mol. The van der Waals surface area contributed by atoms with Crippen molar-refractivity contribution in [2.24, 2.45) is 5.73 Å². The van der Waals surface area contributed by atoms with Crippen LogP contribution in [0.1, 0.15) is 23.1 Å². The average molecular weight is 282 g/mol. The van der Waals surface area contributed by atoms with Gasteiger partial charge in [-0.2, -0.15) is 0 Å². The molecule has 108 valence electrons. The molecule has 0 aliphatic carbocycles. The summed E-state index contributed by atoms with van der Waals surface area (Å²) in [5.41, 5.74) is 9.77. The number of nitrogens with one attached hydrogen (secondary N) is 1. The van der Waals surface area contributed by atoms with Crippen molar-refractivity contribution in [2.75, 3.05) is 5.32 Å². The highest BCUT2D eigenvalue weighted by atomic mass is 16.5. The number of ether oxygens (including phenoxy) is 1. The number of amides is 1. The highest BCUT2D eigenvalue weighted by Crippen LogP contribution is 2.31. The second-order valence-corrected chi connectivity index (χ2v) is 5.27. The van der Waals surface area contributed by atoms with Crippen molar-refractivity contribution in [1.29, 1.82) is 0 Å². The lowest BCUT2D eigenvalue weighted by Gasteiger charge is -2.18. The number of nitrogens with two attached hydrogens (primary N) is 1. The molecular formula is C17H18N2O2. The van der Waals surface area contributed by atoms with Crippen LogP contribution in [0, 0.1) is 6.92 Å². The topological polar surface area (TPSA) is 64.3 Å². The molecule has 0 bridgehead atoms. The number of fused-ring (bicyclic) bond motifs is 1. The fourth-order valence-corrected chi connectivity index (χ4v) is 2.43. The predicted octanol–water partition coefficient (Wildman–Crippen LogP) is 3.13. The molecule has 0 fully saturated rings. The maximum Gasteiger partial charge on any atom is 0.224 e. The first-order valence-corrected chi connectivity index (χ1v) is 7.06. The molecule has 3 rings (SSSR count). The Morgan fingerprint density at radius 2 is 2.05 bits per heavy atom. The molecule has 0 unspecified atom stereocenters. The van der Waals surface area contributed by atoms with Crippen LogP contribution in [0.4, 0.5) is 5.69 Å². The summed E-state index contributed by atoms with van der Waals surface area (Å²) in [5.74, 6) is 1.67. The molecule has 0 radical (unpaired) electrons. The van der Waals surface area contributed by atoms with Crippen LogP contribution < -0.4 is 15.8 Å². The minimum atomic E-state index is 0.0719. The van der Waals surface area contributed by atoms with E-state index in [0.717, 1.165) is 40.3 Å². The van der Waals surface area contributed by atoms with E-state index >= 15 is 0 Å². The summed E-state index contributed by atoms with van der Waals surface area (Å²) in [6.45, 7) is 2.50. The quantitative estimate of drug-likeness (QED) is 0.909. The summed E-state index contributed by atoms with van der Waals surface area (Å²) < 4.78 is 5.98. The summed E-state index contributed by atoms with van der Waals surface area (Å²) in [6, 6.07) is 11.7. The molecule has 21 heavy (non-hydrogen) atoms. The number of benzene rings is 2. The molecule has 1 heterocycles. The van der Waals surface area contributed by atoms with Crippen LogP contribution >= 0.6 is 0 Å². The van der Waals surface area contributed by atoms with Gasteiger partial charge in [-0.05, 0) is 54.3 Å². The van der Waals surface area contributed by atoms with Gasteiger partial charge in [0.25, 0.3) is 0 Å². The molecule has 0 spiro atoms. The summed E-state index contributed by atoms with van der Waals surface area (Å²) in [7, 11) is 0. The fraction of sp³-hybridized carbons (Fsp3) is 0.235. The van der Waals surface area contributed by atoms with Crippen molar-refractivity contribution in [3.63, 3.8) is 0 Å². The number of carbonyl (C=O) groups is 1. The number of hydrogen-bond donors (Lipinski definition) is 2. The smallest absolute Gasteiger partial charge is 0.224 e. The second-order valence-electron chi connectivity index (χ2n) is 5.27. The van der Waals surface area contributed by atoms with E-state index in [1.807, 2.05) is 43.3 Å². The molecule has 4 heteroatoms. The van der Waals surface area contributed by atoms with Crippen molar-refractivity contribution in [2.45, 2.75) is 26.3 Å². The Labute approximate surface area is 123 Å². The Balaban J connectivity index is 1.87.